The number of urea groups is 1. The topological polar surface area (TPSA) is 94.7 Å². The van der Waals surface area contributed by atoms with Gasteiger partial charge in [0.2, 0.25) is 0 Å². The van der Waals surface area contributed by atoms with Crippen molar-refractivity contribution in [3.8, 4) is 0 Å². The molecular formula is CH2N4O2. The Labute approximate surface area is 38.4 Å². The molecule has 0 saturated heterocycles. The summed E-state index contributed by atoms with van der Waals surface area (Å²) in [4.78, 5) is 18.7. The average Bonchev–Trinajstić information content (AvgIpc) is 1.68. The van der Waals surface area contributed by atoms with E-state index >= 15 is 0 Å². The van der Waals surface area contributed by atoms with Crippen LogP contribution in [0, 0.1) is 10.4 Å². The number of rotatable bonds is 1. The van der Waals surface area contributed by atoms with Gasteiger partial charge in [0.25, 0.3) is 0 Å². The second kappa shape index (κ2) is 2.88. The Morgan fingerprint density at radius 1 is 1.71 bits per heavy atom. The highest BCUT2D eigenvalue weighted by molar-refractivity contribution is 5.73. The van der Waals surface area contributed by atoms with Crippen LogP contribution in [0.25, 0.3) is 0 Å². The van der Waals surface area contributed by atoms with Crippen molar-refractivity contribution in [3.05, 3.63) is 4.91 Å². The number of nitrogens with one attached hydrogen (secondary N) is 2. The van der Waals surface area contributed by atoms with Crippen molar-refractivity contribution in [2.75, 3.05) is 0 Å². The molecule has 2 N–H and O–H groups in total. The van der Waals surface area contributed by atoms with Crippen LogP contribution < -0.4 is 5.43 Å². The van der Waals surface area contributed by atoms with E-state index in [9.17, 15) is 4.79 Å². The molecule has 0 bridgehead atoms. The number of hydrogen-bond acceptors (Lipinski definition) is 4. The number of carbonyl (C=O) groups is 1. The Morgan fingerprint density at radius 2 is 2.29 bits per heavy atom. The fourth-order valence-corrected chi connectivity index (χ4v) is 0.0640. The molecule has 0 fully saturated rings. The first kappa shape index (κ1) is 5.67. The van der Waals surface area contributed by atoms with E-state index in [1.54, 1.807) is 0 Å². The van der Waals surface area contributed by atoms with E-state index in [0.29, 0.717) is 0 Å². The molecule has 38 valence electrons. The molecular weight excluding hydrogens is 100 g/mol. The van der Waals surface area contributed by atoms with Crippen LogP contribution in [0.15, 0.2) is 10.4 Å². The fraction of sp³-hybridized carbons (Fsp3) is 0. The quantitative estimate of drug-likeness (QED) is 0.285. The first-order chi connectivity index (χ1) is 3.31. The zero-order chi connectivity index (χ0) is 5.70. The van der Waals surface area contributed by atoms with E-state index in [4.69, 9.17) is 10.4 Å². The first-order valence-electron chi connectivity index (χ1n) is 1.31. The van der Waals surface area contributed by atoms with Crippen LogP contribution in [0.3, 0.4) is 0 Å². The van der Waals surface area contributed by atoms with E-state index in [1.165, 1.54) is 5.43 Å². The summed E-state index contributed by atoms with van der Waals surface area (Å²) in [5.74, 6) is 0. The number of amides is 2. The summed E-state index contributed by atoms with van der Waals surface area (Å²) >= 11 is 0. The summed E-state index contributed by atoms with van der Waals surface area (Å²) in [6, 6.07) is -1.06. The normalized spacial score (nSPS) is 6.86. The number of nitrogens with zero attached hydrogens (tertiary/aromatic N) is 2. The summed E-state index contributed by atoms with van der Waals surface area (Å²) in [7, 11) is 0. The van der Waals surface area contributed by atoms with Gasteiger partial charge in [-0.3, -0.25) is 0 Å². The molecule has 6 heteroatoms. The van der Waals surface area contributed by atoms with E-state index in [1.807, 2.05) is 5.29 Å². The van der Waals surface area contributed by atoms with Gasteiger partial charge in [-0.25, -0.2) is 4.79 Å². The van der Waals surface area contributed by atoms with Gasteiger partial charge >= 0.3 is 6.03 Å². The lowest BCUT2D eigenvalue weighted by Gasteiger charge is -1.77. The largest absolute Gasteiger partial charge is 0.381 e. The molecule has 0 rings (SSSR count). The Morgan fingerprint density at radius 3 is 2.43 bits per heavy atom. The van der Waals surface area contributed by atoms with Crippen LogP contribution in [0.1, 0.15) is 0 Å². The van der Waals surface area contributed by atoms with Crippen LogP contribution in [0.4, 0.5) is 4.79 Å². The van der Waals surface area contributed by atoms with Crippen molar-refractivity contribution in [1.82, 2.24) is 5.43 Å². The van der Waals surface area contributed by atoms with Gasteiger partial charge in [0.1, 0.15) is 0 Å². The molecule has 0 spiro atoms. The minimum atomic E-state index is -1.06. The molecule has 0 atom stereocenters. The minimum absolute atomic E-state index is 1.06. The van der Waals surface area contributed by atoms with Gasteiger partial charge in [-0.15, -0.1) is 4.91 Å². The summed E-state index contributed by atoms with van der Waals surface area (Å²) < 4.78 is 0. The standard InChI is InChI=1S/CH2N4O2/c2-3-1(6)4-5-7/h2H,(H,4,6,7). The zero-order valence-electron chi connectivity index (χ0n) is 3.21. The Kier molecular flexibility index (Phi) is 2.34. The molecule has 7 heavy (non-hydrogen) atoms. The second-order valence-corrected chi connectivity index (χ2v) is 0.620. The lowest BCUT2D eigenvalue weighted by molar-refractivity contribution is 0.247. The maximum Gasteiger partial charge on any atom is 0.381 e. The van der Waals surface area contributed by atoms with Crippen LogP contribution in [-0.4, -0.2) is 6.03 Å². The molecule has 6 nitrogen and oxygen atoms in total. The van der Waals surface area contributed by atoms with Crippen molar-refractivity contribution < 1.29 is 4.79 Å². The average molecular weight is 102 g/mol. The third-order valence-corrected chi connectivity index (χ3v) is 0.243. The smallest absolute Gasteiger partial charge is 0.242 e. The molecule has 0 aromatic heterocycles. The van der Waals surface area contributed by atoms with E-state index < -0.39 is 6.03 Å². The van der Waals surface area contributed by atoms with Crippen molar-refractivity contribution in [2.45, 2.75) is 0 Å². The first-order valence-corrected chi connectivity index (χ1v) is 1.31. The SMILES string of the molecule is N=NC(=O)NN=O. The molecule has 2 amide bonds. The number of nitroso groups, excluding NO2 is 1. The third kappa shape index (κ3) is 2.47. The maximum absolute atomic E-state index is 9.65. The van der Waals surface area contributed by atoms with Crippen molar-refractivity contribution in [2.24, 2.45) is 10.4 Å². The minimum Gasteiger partial charge on any atom is -0.242 e. The monoisotopic (exact) mass is 102 g/mol. The van der Waals surface area contributed by atoms with Crippen LogP contribution in [-0.2, 0) is 0 Å². The Balaban J connectivity index is 3.36. The molecule has 0 saturated carbocycles. The van der Waals surface area contributed by atoms with Gasteiger partial charge in [-0.05, 0) is 0 Å². The lowest BCUT2D eigenvalue weighted by Crippen LogP contribution is -2.09. The van der Waals surface area contributed by atoms with Gasteiger partial charge in [-0.1, -0.05) is 5.11 Å². The molecule has 0 radical (unpaired) electrons. The third-order valence-electron chi connectivity index (χ3n) is 0.243. The Bertz CT molecular complexity index is 97.9. The summed E-state index contributed by atoms with van der Waals surface area (Å²) in [5, 5.41) is 4.23. The molecule has 0 unspecified atom stereocenters. The molecule has 0 aliphatic carbocycles. The van der Waals surface area contributed by atoms with Crippen LogP contribution >= 0.6 is 0 Å². The molecule has 0 aliphatic rings. The van der Waals surface area contributed by atoms with E-state index in [0.717, 1.165) is 0 Å². The van der Waals surface area contributed by atoms with Crippen LogP contribution in [0.2, 0.25) is 0 Å². The maximum atomic E-state index is 9.65. The van der Waals surface area contributed by atoms with Crippen molar-refractivity contribution >= 4 is 6.03 Å². The highest BCUT2D eigenvalue weighted by Gasteiger charge is 1.89. The van der Waals surface area contributed by atoms with Crippen LogP contribution in [0.5, 0.6) is 0 Å². The summed E-state index contributed by atoms with van der Waals surface area (Å²) in [5.41, 5.74) is 7.30. The van der Waals surface area contributed by atoms with Gasteiger partial charge < -0.3 is 0 Å². The summed E-state index contributed by atoms with van der Waals surface area (Å²) in [6.07, 6.45) is 0. The van der Waals surface area contributed by atoms with Gasteiger partial charge in [0.05, 0.1) is 5.29 Å². The van der Waals surface area contributed by atoms with E-state index in [2.05, 4.69) is 5.11 Å². The zero-order valence-corrected chi connectivity index (χ0v) is 3.21. The molecule has 0 aromatic rings. The molecule has 0 aliphatic heterocycles. The lowest BCUT2D eigenvalue weighted by atomic mass is 11.1. The summed E-state index contributed by atoms with van der Waals surface area (Å²) in [6.45, 7) is 0. The number of carbonyl (C=O) groups excluding carboxylic acids is 1. The second-order valence-electron chi connectivity index (χ2n) is 0.620. The molecule has 0 aromatic carbocycles. The van der Waals surface area contributed by atoms with Gasteiger partial charge in [-0.2, -0.15) is 11.0 Å². The van der Waals surface area contributed by atoms with Crippen molar-refractivity contribution in [1.29, 1.82) is 5.53 Å². The predicted molar refractivity (Wildman–Crippen MR) is 19.5 cm³/mol. The van der Waals surface area contributed by atoms with Gasteiger partial charge in [0, 0.05) is 0 Å². The highest BCUT2D eigenvalue weighted by atomic mass is 16.3. The highest BCUT2D eigenvalue weighted by Crippen LogP contribution is 1.67. The predicted octanol–water partition coefficient (Wildman–Crippen LogP) is 0.408. The van der Waals surface area contributed by atoms with Gasteiger partial charge in [0.15, 0.2) is 0 Å². The molecule has 0 heterocycles. The van der Waals surface area contributed by atoms with Crippen molar-refractivity contribution in [3.63, 3.8) is 0 Å². The number of hydrogen-bond donors (Lipinski definition) is 2. The Hall–Kier alpha value is -1.33. The fourth-order valence-electron chi connectivity index (χ4n) is 0.0640. The van der Waals surface area contributed by atoms with E-state index in [-0.39, 0.29) is 0 Å².